The maximum atomic E-state index is 14.9. The van der Waals surface area contributed by atoms with E-state index in [0.29, 0.717) is 10.9 Å². The highest BCUT2D eigenvalue weighted by molar-refractivity contribution is 6.22. The summed E-state index contributed by atoms with van der Waals surface area (Å²) in [5.41, 5.74) is 5.58. The van der Waals surface area contributed by atoms with Crippen molar-refractivity contribution < 1.29 is 15.3 Å². The van der Waals surface area contributed by atoms with Crippen LogP contribution in [0.25, 0.3) is 43.1 Å². The van der Waals surface area contributed by atoms with Crippen LogP contribution in [0.3, 0.4) is 0 Å². The molecule has 1 aliphatic rings. The Morgan fingerprint density at radius 3 is 1.40 bits per heavy atom. The lowest BCUT2D eigenvalue weighted by Gasteiger charge is -2.62. The van der Waals surface area contributed by atoms with Crippen molar-refractivity contribution in [1.82, 2.24) is 0 Å². The topological polar surface area (TPSA) is 79.3 Å². The summed E-state index contributed by atoms with van der Waals surface area (Å²) in [6.45, 7) is 0. The number of hydrogen-bond donors (Lipinski definition) is 1. The van der Waals surface area contributed by atoms with Gasteiger partial charge < -0.3 is 34.9 Å². The maximum Gasteiger partial charge on any atom is 0.123 e. The molecule has 0 saturated heterocycles. The Kier molecular flexibility index (Phi) is 7.38. The fourth-order valence-electron chi connectivity index (χ4n) is 8.23. The maximum absolute atomic E-state index is 14.9. The quantitative estimate of drug-likeness (QED) is 0.241. The summed E-state index contributed by atoms with van der Waals surface area (Å²) < 4.78 is 0. The number of phenols is 1. The van der Waals surface area contributed by atoms with Crippen molar-refractivity contribution in [2.24, 2.45) is 0 Å². The number of phenolic OH excluding ortho intramolecular Hbond substituents is 1. The predicted molar refractivity (Wildman–Crippen MR) is 195 cm³/mol. The molecular weight excluding hydrogens is 584 g/mol. The Balaban J connectivity index is 1.54. The van der Waals surface area contributed by atoms with Crippen LogP contribution in [-0.2, 0) is 0 Å². The van der Waals surface area contributed by atoms with Gasteiger partial charge in [0.2, 0.25) is 0 Å². The van der Waals surface area contributed by atoms with E-state index in [2.05, 4.69) is 53.1 Å². The van der Waals surface area contributed by atoms with E-state index in [0.717, 1.165) is 66.0 Å². The van der Waals surface area contributed by atoms with Crippen LogP contribution >= 0.6 is 0 Å². The molecule has 0 aliphatic heterocycles. The smallest absolute Gasteiger partial charge is 0.123 e. The van der Waals surface area contributed by atoms with Crippen molar-refractivity contribution in [3.8, 4) is 5.75 Å². The summed E-state index contributed by atoms with van der Waals surface area (Å²) in [5.74, 6) is -1.51. The third-order valence-corrected chi connectivity index (χ3v) is 10.1. The number of fused-ring (bicyclic) bond motifs is 4. The second-order valence-electron chi connectivity index (χ2n) is 13.7. The molecule has 0 amide bonds. The van der Waals surface area contributed by atoms with E-state index in [4.69, 9.17) is 0 Å². The number of rotatable bonds is 6. The van der Waals surface area contributed by atoms with Crippen LogP contribution in [0.15, 0.2) is 78.9 Å². The molecule has 2 atom stereocenters. The van der Waals surface area contributed by atoms with Crippen molar-refractivity contribution in [2.45, 2.75) is 24.0 Å². The second-order valence-corrected chi connectivity index (χ2v) is 13.7. The molecular formula is C40H42N4O3-2. The van der Waals surface area contributed by atoms with Crippen LogP contribution in [0, 0.1) is 0 Å². The van der Waals surface area contributed by atoms with E-state index in [1.54, 1.807) is 6.07 Å². The minimum absolute atomic E-state index is 0.0895. The van der Waals surface area contributed by atoms with Gasteiger partial charge in [0, 0.05) is 94.7 Å². The normalized spacial score (nSPS) is 19.4. The zero-order valence-corrected chi connectivity index (χ0v) is 28.4. The molecule has 1 saturated carbocycles. The highest BCUT2D eigenvalue weighted by Crippen LogP contribution is 2.56. The third kappa shape index (κ3) is 4.40. The molecule has 0 radical (unpaired) electrons. The first-order chi connectivity index (χ1) is 22.5. The van der Waals surface area contributed by atoms with Crippen LogP contribution in [0.4, 0.5) is 22.7 Å². The minimum atomic E-state index is -1.21. The summed E-state index contributed by atoms with van der Waals surface area (Å²) in [7, 11) is 16.2. The summed E-state index contributed by atoms with van der Waals surface area (Å²) in [4.78, 5) is 8.39. The Hall–Kier alpha value is -4.72. The number of hydrogen-bond acceptors (Lipinski definition) is 7. The van der Waals surface area contributed by atoms with Crippen molar-refractivity contribution in [3.63, 3.8) is 0 Å². The molecule has 2 unspecified atom stereocenters. The molecule has 7 rings (SSSR count). The van der Waals surface area contributed by atoms with E-state index in [9.17, 15) is 15.3 Å². The number of nitrogens with zero attached hydrogens (tertiary/aromatic N) is 4. The van der Waals surface area contributed by atoms with Gasteiger partial charge in [-0.15, -0.1) is 12.2 Å². The Morgan fingerprint density at radius 2 is 0.894 bits per heavy atom. The zero-order chi connectivity index (χ0) is 33.5. The van der Waals surface area contributed by atoms with Crippen LogP contribution in [0.5, 0.6) is 5.75 Å². The molecule has 242 valence electrons. The highest BCUT2D eigenvalue weighted by atomic mass is 16.3. The van der Waals surface area contributed by atoms with E-state index >= 15 is 0 Å². The van der Waals surface area contributed by atoms with Gasteiger partial charge in [-0.1, -0.05) is 60.7 Å². The fraction of sp³-hybridized carbons (Fsp3) is 0.300. The first-order valence-corrected chi connectivity index (χ1v) is 16.1. The van der Waals surface area contributed by atoms with Crippen molar-refractivity contribution >= 4 is 65.8 Å². The molecule has 7 nitrogen and oxygen atoms in total. The largest absolute Gasteiger partial charge is 0.851 e. The highest BCUT2D eigenvalue weighted by Gasteiger charge is 2.42. The SMILES string of the molecule is CN(C)c1c2ccccc2c(C2C([O-])C(c3c4cccc(N(C)C)c4c(N(C)C)c4c(N(C)C)cccc34)C2[O-])c2c(O)cccc12. The Labute approximate surface area is 276 Å². The fourth-order valence-corrected chi connectivity index (χ4v) is 8.23. The van der Waals surface area contributed by atoms with E-state index < -0.39 is 24.0 Å². The van der Waals surface area contributed by atoms with Gasteiger partial charge in [0.15, 0.2) is 0 Å². The van der Waals surface area contributed by atoms with Gasteiger partial charge in [-0.2, -0.15) is 0 Å². The van der Waals surface area contributed by atoms with Gasteiger partial charge in [0.1, 0.15) is 5.75 Å². The van der Waals surface area contributed by atoms with Crippen LogP contribution in [0.1, 0.15) is 23.0 Å². The molecule has 1 aliphatic carbocycles. The minimum Gasteiger partial charge on any atom is -0.851 e. The number of aromatic hydroxyl groups is 1. The Bertz CT molecular complexity index is 2110. The second kappa shape index (κ2) is 11.2. The van der Waals surface area contributed by atoms with Crippen molar-refractivity contribution in [1.29, 1.82) is 0 Å². The summed E-state index contributed by atoms with van der Waals surface area (Å²) in [6, 6.07) is 25.8. The van der Waals surface area contributed by atoms with Gasteiger partial charge in [0.25, 0.3) is 0 Å². The zero-order valence-electron chi connectivity index (χ0n) is 28.4. The summed E-state index contributed by atoms with van der Waals surface area (Å²) in [5, 5.41) is 48.3. The molecule has 0 heterocycles. The molecule has 7 heteroatoms. The number of benzene rings is 6. The third-order valence-electron chi connectivity index (χ3n) is 10.1. The molecule has 47 heavy (non-hydrogen) atoms. The van der Waals surface area contributed by atoms with Gasteiger partial charge in [-0.05, 0) is 57.3 Å². The van der Waals surface area contributed by atoms with Crippen LogP contribution in [-0.4, -0.2) is 73.7 Å². The molecule has 6 aromatic rings. The average Bonchev–Trinajstić information content (AvgIpc) is 3.03. The average molecular weight is 627 g/mol. The van der Waals surface area contributed by atoms with Gasteiger partial charge in [0.05, 0.1) is 11.4 Å². The van der Waals surface area contributed by atoms with Gasteiger partial charge >= 0.3 is 0 Å². The predicted octanol–water partition coefficient (Wildman–Crippen LogP) is 5.61. The van der Waals surface area contributed by atoms with Crippen LogP contribution in [0.2, 0.25) is 0 Å². The van der Waals surface area contributed by atoms with Crippen molar-refractivity contribution in [3.05, 3.63) is 90.0 Å². The molecule has 1 fully saturated rings. The molecule has 0 spiro atoms. The lowest BCUT2D eigenvalue weighted by molar-refractivity contribution is -0.535. The van der Waals surface area contributed by atoms with Crippen molar-refractivity contribution in [2.75, 3.05) is 76.0 Å². The summed E-state index contributed by atoms with van der Waals surface area (Å²) >= 11 is 0. The first kappa shape index (κ1) is 30.9. The van der Waals surface area contributed by atoms with E-state index in [-0.39, 0.29) is 5.75 Å². The molecule has 6 aromatic carbocycles. The molecule has 0 aromatic heterocycles. The number of anilines is 4. The lowest BCUT2D eigenvalue weighted by Crippen LogP contribution is -2.63. The lowest BCUT2D eigenvalue weighted by atomic mass is 9.60. The first-order valence-electron chi connectivity index (χ1n) is 16.1. The Morgan fingerprint density at radius 1 is 0.447 bits per heavy atom. The van der Waals surface area contributed by atoms with Crippen LogP contribution < -0.4 is 29.8 Å². The molecule has 0 bridgehead atoms. The van der Waals surface area contributed by atoms with E-state index in [1.165, 1.54) is 0 Å². The monoisotopic (exact) mass is 626 g/mol. The summed E-state index contributed by atoms with van der Waals surface area (Å²) in [6.07, 6.45) is -2.42. The van der Waals surface area contributed by atoms with Gasteiger partial charge in [-0.3, -0.25) is 0 Å². The standard InChI is InChI=1S/C40H42N4O3/c1-41(2)27-19-11-16-24-30(25-17-12-20-28(42(3)4)32(25)38(31(24)27)44(7)8)35-39(46)36(40(35)47)34-22-14-9-10-15-23(22)37(43(5)6)26-18-13-21-29(45)33(26)34/h9-21,35-36,39-40,45H,1-8H3/q-2. The van der Waals surface area contributed by atoms with E-state index in [1.807, 2.05) is 95.7 Å². The van der Waals surface area contributed by atoms with Gasteiger partial charge in [-0.25, -0.2) is 0 Å². The molecule has 1 N–H and O–H groups in total.